The van der Waals surface area contributed by atoms with Crippen LogP contribution in [0.25, 0.3) is 0 Å². The number of thiol groups is 2. The molecular formula is C4H9O2S3+. The number of aliphatic hydroxyl groups excluding tert-OH is 2. The molecule has 0 aromatic rings. The van der Waals surface area contributed by atoms with Crippen LogP contribution in [0.5, 0.6) is 0 Å². The maximum absolute atomic E-state index is 9.13. The first-order chi connectivity index (χ1) is 4.25. The molecule has 0 radical (unpaired) electrons. The van der Waals surface area contributed by atoms with E-state index in [-0.39, 0.29) is 4.58 Å². The van der Waals surface area contributed by atoms with Gasteiger partial charge in [-0.05, 0) is 0 Å². The fourth-order valence-electron chi connectivity index (χ4n) is 0.458. The number of rotatable bonds is 3. The third-order valence-corrected chi connectivity index (χ3v) is 3.88. The lowest BCUT2D eigenvalue weighted by Crippen LogP contribution is -2.31. The minimum absolute atomic E-state index is 0.243. The summed E-state index contributed by atoms with van der Waals surface area (Å²) in [5.74, 6) is 0.341. The SMILES string of the molecule is O[C@@H]([C@@H](O)CS)[C@H]1S[SH+]1. The van der Waals surface area contributed by atoms with Crippen LogP contribution in [-0.2, 0) is 10.8 Å². The zero-order chi connectivity index (χ0) is 6.85. The highest BCUT2D eigenvalue weighted by Crippen LogP contribution is 2.38. The molecule has 0 aliphatic carbocycles. The zero-order valence-electron chi connectivity index (χ0n) is 4.64. The summed E-state index contributed by atoms with van der Waals surface area (Å²) in [6.07, 6.45) is -1.23. The van der Waals surface area contributed by atoms with E-state index in [1.807, 2.05) is 0 Å². The Labute approximate surface area is 67.2 Å². The molecule has 1 aliphatic rings. The van der Waals surface area contributed by atoms with Gasteiger partial charge in [0.2, 0.25) is 4.58 Å². The van der Waals surface area contributed by atoms with Gasteiger partial charge in [-0.1, -0.05) is 0 Å². The Hall–Kier alpha value is 0.970. The van der Waals surface area contributed by atoms with Crippen molar-refractivity contribution in [2.75, 3.05) is 5.75 Å². The molecule has 54 valence electrons. The minimum atomic E-state index is -0.652. The molecule has 0 aromatic heterocycles. The van der Waals surface area contributed by atoms with Crippen LogP contribution in [0.2, 0.25) is 0 Å². The summed E-state index contributed by atoms with van der Waals surface area (Å²) < 4.78 is 0.243. The third kappa shape index (κ3) is 2.23. The van der Waals surface area contributed by atoms with Crippen LogP contribution in [-0.4, -0.2) is 32.8 Å². The highest BCUT2D eigenvalue weighted by molar-refractivity contribution is 8.82. The second-order valence-corrected chi connectivity index (χ2v) is 5.31. The van der Waals surface area contributed by atoms with E-state index in [0.717, 1.165) is 0 Å². The first-order valence-electron chi connectivity index (χ1n) is 2.58. The lowest BCUT2D eigenvalue weighted by molar-refractivity contribution is 0.0469. The van der Waals surface area contributed by atoms with Crippen molar-refractivity contribution < 1.29 is 10.2 Å². The van der Waals surface area contributed by atoms with E-state index < -0.39 is 12.2 Å². The fraction of sp³-hybridized carbons (Fsp3) is 1.00. The molecule has 9 heavy (non-hydrogen) atoms. The van der Waals surface area contributed by atoms with Crippen LogP contribution in [0.1, 0.15) is 0 Å². The Morgan fingerprint density at radius 1 is 1.67 bits per heavy atom. The number of hydrogen-bond acceptors (Lipinski definition) is 4. The van der Waals surface area contributed by atoms with Crippen molar-refractivity contribution in [3.05, 3.63) is 0 Å². The molecule has 0 spiro atoms. The predicted molar refractivity (Wildman–Crippen MR) is 46.0 cm³/mol. The van der Waals surface area contributed by atoms with E-state index in [9.17, 15) is 0 Å². The summed E-state index contributed by atoms with van der Waals surface area (Å²) in [7, 11) is 2.83. The average molecular weight is 185 g/mol. The van der Waals surface area contributed by atoms with E-state index in [2.05, 4.69) is 12.6 Å². The summed E-state index contributed by atoms with van der Waals surface area (Å²) in [5.41, 5.74) is 0. The molecule has 0 unspecified atom stereocenters. The van der Waals surface area contributed by atoms with Crippen LogP contribution in [0.3, 0.4) is 0 Å². The topological polar surface area (TPSA) is 40.5 Å². The Kier molecular flexibility index (Phi) is 3.04. The van der Waals surface area contributed by atoms with E-state index >= 15 is 0 Å². The second-order valence-electron chi connectivity index (χ2n) is 1.84. The molecule has 2 N–H and O–H groups in total. The molecule has 1 saturated heterocycles. The molecule has 0 amide bonds. The first-order valence-corrected chi connectivity index (χ1v) is 5.66. The van der Waals surface area contributed by atoms with E-state index in [1.165, 1.54) is 10.8 Å². The van der Waals surface area contributed by atoms with Gasteiger partial charge in [0, 0.05) is 5.75 Å². The molecule has 1 rings (SSSR count). The highest BCUT2D eigenvalue weighted by Gasteiger charge is 2.47. The van der Waals surface area contributed by atoms with Gasteiger partial charge in [0.15, 0.2) is 10.8 Å². The Balaban J connectivity index is 2.22. The smallest absolute Gasteiger partial charge is 0.248 e. The molecule has 1 heterocycles. The predicted octanol–water partition coefficient (Wildman–Crippen LogP) is -0.559. The maximum atomic E-state index is 9.13. The summed E-state index contributed by atoms with van der Waals surface area (Å²) in [4.78, 5) is 0. The van der Waals surface area contributed by atoms with Crippen LogP contribution < -0.4 is 0 Å². The largest absolute Gasteiger partial charge is 0.389 e. The highest BCUT2D eigenvalue weighted by atomic mass is 33.2. The van der Waals surface area contributed by atoms with E-state index in [4.69, 9.17) is 10.2 Å². The molecule has 5 heteroatoms. The Morgan fingerprint density at radius 2 is 2.22 bits per heavy atom. The molecule has 0 bridgehead atoms. The summed E-state index contributed by atoms with van der Waals surface area (Å²) in [6.45, 7) is 0. The standard InChI is InChI=1S/C4H8O2S3/c5-2(1-7)3(6)4-8-9-4/h2-7H,1H2/p+1/t2-,3-/m0/s1. The lowest BCUT2D eigenvalue weighted by Gasteiger charge is -2.08. The third-order valence-electron chi connectivity index (χ3n) is 1.10. The van der Waals surface area contributed by atoms with Gasteiger partial charge < -0.3 is 10.2 Å². The summed E-state index contributed by atoms with van der Waals surface area (Å²) >= 11 is 3.85. The molecule has 2 nitrogen and oxygen atoms in total. The first kappa shape index (κ1) is 8.07. The molecule has 1 aliphatic heterocycles. The fourth-order valence-corrected chi connectivity index (χ4v) is 2.33. The van der Waals surface area contributed by atoms with Gasteiger partial charge in [-0.25, -0.2) is 0 Å². The average Bonchev–Trinajstić information content (AvgIpc) is 2.66. The van der Waals surface area contributed by atoms with Crippen molar-refractivity contribution in [3.63, 3.8) is 0 Å². The van der Waals surface area contributed by atoms with Crippen molar-refractivity contribution in [2.24, 2.45) is 0 Å². The van der Waals surface area contributed by atoms with Crippen LogP contribution in [0.15, 0.2) is 0 Å². The van der Waals surface area contributed by atoms with Gasteiger partial charge in [-0.3, -0.25) is 0 Å². The van der Waals surface area contributed by atoms with Crippen LogP contribution in [0, 0.1) is 0 Å². The van der Waals surface area contributed by atoms with Gasteiger partial charge in [-0.2, -0.15) is 12.6 Å². The molecule has 1 fully saturated rings. The van der Waals surface area contributed by atoms with Gasteiger partial charge in [-0.15, -0.1) is 0 Å². The van der Waals surface area contributed by atoms with Gasteiger partial charge >= 0.3 is 0 Å². The van der Waals surface area contributed by atoms with Crippen molar-refractivity contribution >= 4 is 34.2 Å². The molecule has 0 saturated carbocycles. The molecule has 0 aromatic carbocycles. The van der Waals surface area contributed by atoms with Crippen molar-refractivity contribution in [1.82, 2.24) is 0 Å². The lowest BCUT2D eigenvalue weighted by atomic mass is 10.2. The Bertz CT molecular complexity index is 95.8. The normalized spacial score (nSPS) is 31.7. The van der Waals surface area contributed by atoms with Gasteiger partial charge in [0.1, 0.15) is 6.10 Å². The zero-order valence-corrected chi connectivity index (χ0v) is 7.24. The van der Waals surface area contributed by atoms with Crippen molar-refractivity contribution in [3.8, 4) is 0 Å². The van der Waals surface area contributed by atoms with Crippen LogP contribution >= 0.6 is 23.4 Å². The summed E-state index contributed by atoms with van der Waals surface area (Å²) in [5, 5.41) is 18.1. The van der Waals surface area contributed by atoms with Crippen molar-refractivity contribution in [1.29, 1.82) is 0 Å². The van der Waals surface area contributed by atoms with Crippen LogP contribution in [0.4, 0.5) is 0 Å². The summed E-state index contributed by atoms with van der Waals surface area (Å²) in [6, 6.07) is 0. The van der Waals surface area contributed by atoms with Crippen molar-refractivity contribution in [2.45, 2.75) is 16.8 Å². The van der Waals surface area contributed by atoms with Gasteiger partial charge in [0.25, 0.3) is 0 Å². The van der Waals surface area contributed by atoms with Gasteiger partial charge in [0.05, 0.1) is 16.9 Å². The van der Waals surface area contributed by atoms with E-state index in [1.54, 1.807) is 10.8 Å². The second kappa shape index (κ2) is 3.39. The number of aliphatic hydroxyl groups is 2. The monoisotopic (exact) mass is 185 g/mol. The maximum Gasteiger partial charge on any atom is 0.248 e. The minimum Gasteiger partial charge on any atom is -0.389 e. The molecular weight excluding hydrogens is 176 g/mol. The number of hydrogen-bond donors (Lipinski definition) is 3. The molecule has 3 atom stereocenters. The Morgan fingerprint density at radius 3 is 2.56 bits per heavy atom. The quantitative estimate of drug-likeness (QED) is 0.239. The van der Waals surface area contributed by atoms with E-state index in [0.29, 0.717) is 5.75 Å².